The highest BCUT2D eigenvalue weighted by Gasteiger charge is 2.20. The third-order valence-corrected chi connectivity index (χ3v) is 5.04. The highest BCUT2D eigenvalue weighted by atomic mass is 79.9. The number of hydrogen-bond acceptors (Lipinski definition) is 3. The fourth-order valence-corrected chi connectivity index (χ4v) is 3.68. The molecule has 2 aromatic carbocycles. The highest BCUT2D eigenvalue weighted by molar-refractivity contribution is 9.10. The van der Waals surface area contributed by atoms with Crippen molar-refractivity contribution < 1.29 is 9.90 Å². The van der Waals surface area contributed by atoms with Gasteiger partial charge >= 0.3 is 5.97 Å². The van der Waals surface area contributed by atoms with Crippen molar-refractivity contribution in [3.05, 3.63) is 70.2 Å². The number of carboxylic acid groups (broad SMARTS) is 1. The molecular formula is C21H23BrN2O2. The van der Waals surface area contributed by atoms with Crippen LogP contribution < -0.4 is 10.2 Å². The van der Waals surface area contributed by atoms with Gasteiger partial charge < -0.3 is 15.3 Å². The molecule has 2 aromatic rings. The summed E-state index contributed by atoms with van der Waals surface area (Å²) in [6.45, 7) is 2.33. The lowest BCUT2D eigenvalue weighted by atomic mass is 10.0. The Morgan fingerprint density at radius 1 is 1.15 bits per heavy atom. The number of anilines is 2. The monoisotopic (exact) mass is 414 g/mol. The number of benzene rings is 2. The van der Waals surface area contributed by atoms with Gasteiger partial charge in [0.15, 0.2) is 0 Å². The normalized spacial score (nSPS) is 13.3. The Hall–Kier alpha value is -2.11. The zero-order valence-electron chi connectivity index (χ0n) is 14.6. The molecule has 2 N–H and O–H groups in total. The minimum absolute atomic E-state index is 0.574. The van der Waals surface area contributed by atoms with Gasteiger partial charge in [-0.15, -0.1) is 0 Å². The number of halogens is 1. The molecule has 1 aliphatic rings. The van der Waals surface area contributed by atoms with E-state index in [-0.39, 0.29) is 0 Å². The summed E-state index contributed by atoms with van der Waals surface area (Å²) >= 11 is 3.61. The first kappa shape index (κ1) is 18.7. The molecule has 3 rings (SSSR count). The molecule has 0 radical (unpaired) electrons. The van der Waals surface area contributed by atoms with Crippen molar-refractivity contribution in [3.63, 3.8) is 0 Å². The molecule has 5 heteroatoms. The standard InChI is InChI=1S/C21H23BrN2O2/c22-18-11-10-17-9-8-16-5-1-2-6-19(16)24(20(17)15-18)14-4-13-23-12-3-7-21(25)26/h1-3,5-7,10-11,15,23H,4,8-9,12-14H2,(H,25,26)/b7-3+. The van der Waals surface area contributed by atoms with Crippen molar-refractivity contribution in [1.82, 2.24) is 5.32 Å². The fraction of sp³-hybridized carbons (Fsp3) is 0.286. The molecule has 1 heterocycles. The summed E-state index contributed by atoms with van der Waals surface area (Å²) in [7, 11) is 0. The predicted molar refractivity (Wildman–Crippen MR) is 109 cm³/mol. The first-order valence-corrected chi connectivity index (χ1v) is 9.68. The van der Waals surface area contributed by atoms with Crippen molar-refractivity contribution in [2.45, 2.75) is 19.3 Å². The van der Waals surface area contributed by atoms with Gasteiger partial charge in [0.05, 0.1) is 0 Å². The van der Waals surface area contributed by atoms with Crippen LogP contribution in [0.3, 0.4) is 0 Å². The van der Waals surface area contributed by atoms with Crippen LogP contribution in [0, 0.1) is 0 Å². The van der Waals surface area contributed by atoms with Gasteiger partial charge in [0.25, 0.3) is 0 Å². The predicted octanol–water partition coefficient (Wildman–Crippen LogP) is 4.31. The van der Waals surface area contributed by atoms with Crippen LogP contribution in [-0.4, -0.2) is 30.7 Å². The number of nitrogens with zero attached hydrogens (tertiary/aromatic N) is 1. The van der Waals surface area contributed by atoms with Crippen molar-refractivity contribution in [2.24, 2.45) is 0 Å². The molecule has 0 amide bonds. The summed E-state index contributed by atoms with van der Waals surface area (Å²) in [5, 5.41) is 11.9. The second-order valence-corrected chi connectivity index (χ2v) is 7.27. The lowest BCUT2D eigenvalue weighted by Gasteiger charge is -2.27. The Morgan fingerprint density at radius 3 is 2.73 bits per heavy atom. The van der Waals surface area contributed by atoms with Crippen molar-refractivity contribution in [3.8, 4) is 0 Å². The van der Waals surface area contributed by atoms with Crippen LogP contribution in [0.2, 0.25) is 0 Å². The van der Waals surface area contributed by atoms with E-state index in [9.17, 15) is 4.79 Å². The van der Waals surface area contributed by atoms with Crippen LogP contribution in [0.4, 0.5) is 11.4 Å². The summed E-state index contributed by atoms with van der Waals surface area (Å²) in [6, 6.07) is 15.2. The van der Waals surface area contributed by atoms with E-state index in [1.165, 1.54) is 28.6 Å². The van der Waals surface area contributed by atoms with Gasteiger partial charge in [-0.1, -0.05) is 46.3 Å². The number of fused-ring (bicyclic) bond motifs is 2. The van der Waals surface area contributed by atoms with Gasteiger partial charge in [-0.05, 0) is 55.1 Å². The highest BCUT2D eigenvalue weighted by Crippen LogP contribution is 2.37. The van der Waals surface area contributed by atoms with Crippen molar-refractivity contribution >= 4 is 33.3 Å². The number of carbonyl (C=O) groups is 1. The number of nitrogens with one attached hydrogen (secondary N) is 1. The average molecular weight is 415 g/mol. The van der Waals surface area contributed by atoms with Crippen LogP contribution >= 0.6 is 15.9 Å². The molecule has 0 saturated carbocycles. The third kappa shape index (κ3) is 4.74. The van der Waals surface area contributed by atoms with Crippen LogP contribution in [0.25, 0.3) is 0 Å². The minimum Gasteiger partial charge on any atom is -0.478 e. The van der Waals surface area contributed by atoms with E-state index in [4.69, 9.17) is 5.11 Å². The van der Waals surface area contributed by atoms with Gasteiger partial charge in [0.2, 0.25) is 0 Å². The summed E-state index contributed by atoms with van der Waals surface area (Å²) < 4.78 is 1.09. The Kier molecular flexibility index (Phi) is 6.47. The van der Waals surface area contributed by atoms with E-state index in [2.05, 4.69) is 68.6 Å². The first-order valence-electron chi connectivity index (χ1n) is 8.89. The number of aryl methyl sites for hydroxylation is 2. The Bertz CT molecular complexity index is 804. The summed E-state index contributed by atoms with van der Waals surface area (Å²) in [5.74, 6) is -0.907. The minimum atomic E-state index is -0.907. The molecule has 0 spiro atoms. The molecule has 0 fully saturated rings. The molecule has 4 nitrogen and oxygen atoms in total. The van der Waals surface area contributed by atoms with Gasteiger partial charge in [-0.2, -0.15) is 0 Å². The summed E-state index contributed by atoms with van der Waals surface area (Å²) in [5.41, 5.74) is 5.32. The second-order valence-electron chi connectivity index (χ2n) is 6.35. The molecule has 0 unspecified atom stereocenters. The largest absolute Gasteiger partial charge is 0.478 e. The Morgan fingerprint density at radius 2 is 1.92 bits per heavy atom. The number of carboxylic acids is 1. The van der Waals surface area contributed by atoms with Crippen LogP contribution in [0.1, 0.15) is 17.5 Å². The number of aliphatic carboxylic acids is 1. The molecule has 0 atom stereocenters. The zero-order chi connectivity index (χ0) is 18.4. The van der Waals surface area contributed by atoms with E-state index < -0.39 is 5.97 Å². The number of para-hydroxylation sites is 1. The zero-order valence-corrected chi connectivity index (χ0v) is 16.2. The molecule has 0 aromatic heterocycles. The molecule has 26 heavy (non-hydrogen) atoms. The van der Waals surface area contributed by atoms with Gasteiger partial charge in [0.1, 0.15) is 0 Å². The van der Waals surface area contributed by atoms with Crippen LogP contribution in [0.15, 0.2) is 59.1 Å². The average Bonchev–Trinajstić information content (AvgIpc) is 2.78. The third-order valence-electron chi connectivity index (χ3n) is 4.54. The van der Waals surface area contributed by atoms with Crippen molar-refractivity contribution in [1.29, 1.82) is 0 Å². The lowest BCUT2D eigenvalue weighted by Crippen LogP contribution is -2.24. The van der Waals surface area contributed by atoms with Crippen LogP contribution in [0.5, 0.6) is 0 Å². The molecule has 0 saturated heterocycles. The van der Waals surface area contributed by atoms with E-state index in [1.54, 1.807) is 6.08 Å². The Labute approximate surface area is 162 Å². The SMILES string of the molecule is O=C(O)/C=C/CNCCCN1c2ccccc2CCc2ccc(Br)cc21. The second kappa shape index (κ2) is 9.01. The molecule has 1 aliphatic heterocycles. The molecule has 0 aliphatic carbocycles. The maximum Gasteiger partial charge on any atom is 0.328 e. The Balaban J connectivity index is 1.71. The fourth-order valence-electron chi connectivity index (χ4n) is 3.33. The maximum absolute atomic E-state index is 10.5. The van der Waals surface area contributed by atoms with E-state index in [1.807, 2.05) is 0 Å². The van der Waals surface area contributed by atoms with E-state index >= 15 is 0 Å². The quantitative estimate of drug-likeness (QED) is 0.523. The van der Waals surface area contributed by atoms with E-state index in [0.29, 0.717) is 6.54 Å². The lowest BCUT2D eigenvalue weighted by molar-refractivity contribution is -0.131. The smallest absolute Gasteiger partial charge is 0.328 e. The topological polar surface area (TPSA) is 52.6 Å². The van der Waals surface area contributed by atoms with Gasteiger partial charge in [-0.25, -0.2) is 4.79 Å². The number of hydrogen-bond donors (Lipinski definition) is 2. The number of rotatable bonds is 7. The summed E-state index contributed by atoms with van der Waals surface area (Å²) in [6.07, 6.45) is 5.89. The molecule has 136 valence electrons. The molecular weight excluding hydrogens is 392 g/mol. The molecule has 0 bridgehead atoms. The van der Waals surface area contributed by atoms with Crippen LogP contribution in [-0.2, 0) is 17.6 Å². The van der Waals surface area contributed by atoms with Crippen molar-refractivity contribution in [2.75, 3.05) is 24.5 Å². The first-order chi connectivity index (χ1) is 12.6. The summed E-state index contributed by atoms with van der Waals surface area (Å²) in [4.78, 5) is 12.9. The van der Waals surface area contributed by atoms with Gasteiger partial charge in [0, 0.05) is 35.0 Å². The van der Waals surface area contributed by atoms with Gasteiger partial charge in [-0.3, -0.25) is 0 Å². The van der Waals surface area contributed by atoms with E-state index in [0.717, 1.165) is 36.8 Å². The maximum atomic E-state index is 10.5.